The number of carbonyl (C=O) groups excluding carboxylic acids is 1. The summed E-state index contributed by atoms with van der Waals surface area (Å²) in [6.45, 7) is 6.34. The number of para-hydroxylation sites is 1. The van der Waals surface area contributed by atoms with Crippen LogP contribution in [-0.4, -0.2) is 52.8 Å². The molecule has 2 aromatic heterocycles. The molecule has 0 aliphatic heterocycles. The third-order valence-corrected chi connectivity index (χ3v) is 7.41. The number of carbonyl (C=O) groups is 1. The molecule has 5 rings (SSSR count). The molecule has 2 heterocycles. The Morgan fingerprint density at radius 3 is 2.51 bits per heavy atom. The summed E-state index contributed by atoms with van der Waals surface area (Å²) in [4.78, 5) is 25.1. The van der Waals surface area contributed by atoms with Crippen molar-refractivity contribution in [1.29, 1.82) is 0 Å². The summed E-state index contributed by atoms with van der Waals surface area (Å²) in [5, 5.41) is 17.7. The van der Waals surface area contributed by atoms with E-state index in [0.29, 0.717) is 28.4 Å². The van der Waals surface area contributed by atoms with Gasteiger partial charge in [-0.2, -0.15) is 5.10 Å². The van der Waals surface area contributed by atoms with Gasteiger partial charge in [0.15, 0.2) is 22.6 Å². The van der Waals surface area contributed by atoms with Gasteiger partial charge in [-0.1, -0.05) is 25.1 Å². The highest BCUT2D eigenvalue weighted by Gasteiger charge is 2.29. The van der Waals surface area contributed by atoms with Crippen LogP contribution < -0.4 is 25.6 Å². The van der Waals surface area contributed by atoms with Gasteiger partial charge in [-0.3, -0.25) is 9.89 Å². The summed E-state index contributed by atoms with van der Waals surface area (Å²) in [6, 6.07) is 19.8. The molecule has 1 amide bonds. The van der Waals surface area contributed by atoms with Crippen LogP contribution in [-0.2, 0) is 4.79 Å². The predicted octanol–water partition coefficient (Wildman–Crippen LogP) is 6.09. The summed E-state index contributed by atoms with van der Waals surface area (Å²) in [5.74, 6) is 2.71. The maximum Gasteiger partial charge on any atom is 0.227 e. The number of aromatic amines is 1. The molecule has 0 unspecified atom stereocenters. The number of benzene rings is 2. The van der Waals surface area contributed by atoms with Crippen molar-refractivity contribution in [3.05, 3.63) is 66.4 Å². The van der Waals surface area contributed by atoms with Crippen LogP contribution in [0.15, 0.2) is 70.7 Å². The van der Waals surface area contributed by atoms with Crippen molar-refractivity contribution in [2.45, 2.75) is 43.2 Å². The average molecular weight is 573 g/mol. The SMILES string of the molecule is CCCN(CCNc1ccccc1)c1nc(Sc2ccc(NC(=O)C3CC3)cc2)nc(Nc2cc(C)[nH]n2)c1OC. The molecule has 1 aliphatic carbocycles. The van der Waals surface area contributed by atoms with E-state index in [1.54, 1.807) is 7.11 Å². The fraction of sp³-hybridized carbons (Fsp3) is 0.333. The van der Waals surface area contributed by atoms with E-state index in [1.807, 2.05) is 55.5 Å². The monoisotopic (exact) mass is 572 g/mol. The van der Waals surface area contributed by atoms with Gasteiger partial charge >= 0.3 is 0 Å². The van der Waals surface area contributed by atoms with Crippen LogP contribution >= 0.6 is 11.8 Å². The van der Waals surface area contributed by atoms with Gasteiger partial charge in [0.05, 0.1) is 7.11 Å². The molecule has 2 aromatic carbocycles. The Bertz CT molecular complexity index is 1440. The quantitative estimate of drug-likeness (QED) is 0.133. The molecule has 0 atom stereocenters. The lowest BCUT2D eigenvalue weighted by atomic mass is 10.3. The topological polar surface area (TPSA) is 120 Å². The highest BCUT2D eigenvalue weighted by atomic mass is 32.2. The molecule has 0 radical (unpaired) electrons. The lowest BCUT2D eigenvalue weighted by molar-refractivity contribution is -0.117. The Hall–Kier alpha value is -4.25. The average Bonchev–Trinajstić information content (AvgIpc) is 3.76. The summed E-state index contributed by atoms with van der Waals surface area (Å²) in [7, 11) is 1.64. The first kappa shape index (κ1) is 28.3. The standard InChI is InChI=1S/C30H36N8O2S/c1-4-17-38(18-16-31-22-8-6-5-7-9-22)28-26(40-3)27(33-25-19-20(2)36-37-25)34-30(35-28)41-24-14-12-23(13-15-24)32-29(39)21-10-11-21/h5-9,12-15,19,21,31H,4,10-11,16-18H2,1-3H3,(H,32,39)(H2,33,34,35,36,37). The number of aromatic nitrogens is 4. The Morgan fingerprint density at radius 1 is 1.07 bits per heavy atom. The fourth-order valence-corrected chi connectivity index (χ4v) is 5.09. The van der Waals surface area contributed by atoms with Crippen molar-refractivity contribution in [3.8, 4) is 5.75 Å². The molecule has 11 heteroatoms. The number of nitrogens with one attached hydrogen (secondary N) is 4. The smallest absolute Gasteiger partial charge is 0.227 e. The minimum Gasteiger partial charge on any atom is -0.490 e. The molecule has 10 nitrogen and oxygen atoms in total. The zero-order chi connectivity index (χ0) is 28.6. The van der Waals surface area contributed by atoms with E-state index in [4.69, 9.17) is 14.7 Å². The molecular formula is C30H36N8O2S. The number of hydrogen-bond donors (Lipinski definition) is 4. The Labute approximate surface area is 244 Å². The van der Waals surface area contributed by atoms with Gasteiger partial charge in [-0.15, -0.1) is 0 Å². The van der Waals surface area contributed by atoms with Crippen LogP contribution in [0.25, 0.3) is 0 Å². The molecule has 1 aliphatic rings. The normalized spacial score (nSPS) is 12.6. The third-order valence-electron chi connectivity index (χ3n) is 6.54. The van der Waals surface area contributed by atoms with Crippen LogP contribution in [0.3, 0.4) is 0 Å². The molecule has 0 bridgehead atoms. The number of amides is 1. The van der Waals surface area contributed by atoms with E-state index in [2.05, 4.69) is 50.1 Å². The number of methoxy groups -OCH3 is 1. The Balaban J connectivity index is 1.41. The van der Waals surface area contributed by atoms with Crippen molar-refractivity contribution >= 4 is 46.5 Å². The van der Waals surface area contributed by atoms with Gasteiger partial charge in [0.25, 0.3) is 0 Å². The van der Waals surface area contributed by atoms with Crippen molar-refractivity contribution in [2.75, 3.05) is 47.6 Å². The molecule has 214 valence electrons. The second kappa shape index (κ2) is 13.4. The molecule has 41 heavy (non-hydrogen) atoms. The zero-order valence-electron chi connectivity index (χ0n) is 23.6. The van der Waals surface area contributed by atoms with Crippen molar-refractivity contribution in [3.63, 3.8) is 0 Å². The summed E-state index contributed by atoms with van der Waals surface area (Å²) >= 11 is 1.45. The van der Waals surface area contributed by atoms with Gasteiger partial charge in [0, 0.05) is 53.6 Å². The Kier molecular flexibility index (Phi) is 9.25. The van der Waals surface area contributed by atoms with E-state index < -0.39 is 0 Å². The highest BCUT2D eigenvalue weighted by Crippen LogP contribution is 2.38. The summed E-state index contributed by atoms with van der Waals surface area (Å²) < 4.78 is 5.89. The van der Waals surface area contributed by atoms with E-state index in [-0.39, 0.29) is 11.8 Å². The maximum atomic E-state index is 12.1. The number of ether oxygens (including phenoxy) is 1. The van der Waals surface area contributed by atoms with Crippen molar-refractivity contribution in [1.82, 2.24) is 20.2 Å². The van der Waals surface area contributed by atoms with Crippen LogP contribution in [0.5, 0.6) is 5.75 Å². The van der Waals surface area contributed by atoms with Crippen molar-refractivity contribution in [2.24, 2.45) is 5.92 Å². The molecule has 0 saturated heterocycles. The lowest BCUT2D eigenvalue weighted by Gasteiger charge is -2.26. The molecule has 0 spiro atoms. The number of nitrogens with zero attached hydrogens (tertiary/aromatic N) is 4. The molecule has 1 saturated carbocycles. The van der Waals surface area contributed by atoms with E-state index in [0.717, 1.165) is 60.9 Å². The first-order chi connectivity index (χ1) is 20.0. The summed E-state index contributed by atoms with van der Waals surface area (Å²) in [6.07, 6.45) is 2.89. The van der Waals surface area contributed by atoms with Crippen LogP contribution in [0.1, 0.15) is 31.9 Å². The maximum absolute atomic E-state index is 12.1. The molecule has 4 aromatic rings. The fourth-order valence-electron chi connectivity index (χ4n) is 4.34. The van der Waals surface area contributed by atoms with Crippen molar-refractivity contribution < 1.29 is 9.53 Å². The van der Waals surface area contributed by atoms with Gasteiger partial charge in [0.2, 0.25) is 11.7 Å². The number of aryl methyl sites for hydroxylation is 1. The van der Waals surface area contributed by atoms with E-state index in [1.165, 1.54) is 11.8 Å². The van der Waals surface area contributed by atoms with Crippen LogP contribution in [0.4, 0.5) is 28.8 Å². The zero-order valence-corrected chi connectivity index (χ0v) is 24.4. The number of hydrogen-bond acceptors (Lipinski definition) is 9. The lowest BCUT2D eigenvalue weighted by Crippen LogP contribution is -2.31. The second-order valence-electron chi connectivity index (χ2n) is 9.94. The second-order valence-corrected chi connectivity index (χ2v) is 11.0. The Morgan fingerprint density at radius 2 is 1.85 bits per heavy atom. The van der Waals surface area contributed by atoms with Crippen LogP contribution in [0, 0.1) is 12.8 Å². The first-order valence-electron chi connectivity index (χ1n) is 13.9. The van der Waals surface area contributed by atoms with E-state index in [9.17, 15) is 4.79 Å². The molecule has 4 N–H and O–H groups in total. The number of rotatable bonds is 14. The third kappa shape index (κ3) is 7.69. The largest absolute Gasteiger partial charge is 0.490 e. The number of H-pyrrole nitrogens is 1. The van der Waals surface area contributed by atoms with Gasteiger partial charge < -0.3 is 25.6 Å². The van der Waals surface area contributed by atoms with Gasteiger partial charge in [-0.25, -0.2) is 9.97 Å². The van der Waals surface area contributed by atoms with E-state index >= 15 is 0 Å². The van der Waals surface area contributed by atoms with Gasteiger partial charge in [0.1, 0.15) is 0 Å². The minimum absolute atomic E-state index is 0.0932. The highest BCUT2D eigenvalue weighted by molar-refractivity contribution is 7.99. The molecular weight excluding hydrogens is 536 g/mol. The molecule has 1 fully saturated rings. The minimum atomic E-state index is 0.0932. The van der Waals surface area contributed by atoms with Crippen LogP contribution in [0.2, 0.25) is 0 Å². The number of anilines is 5. The van der Waals surface area contributed by atoms with Gasteiger partial charge in [-0.05, 0) is 74.3 Å². The first-order valence-corrected chi connectivity index (χ1v) is 14.7. The summed E-state index contributed by atoms with van der Waals surface area (Å²) in [5.41, 5.74) is 2.80. The predicted molar refractivity (Wildman–Crippen MR) is 165 cm³/mol.